The van der Waals surface area contributed by atoms with Gasteiger partial charge in [-0.15, -0.1) is 5.10 Å². The molecule has 1 N–H and O–H groups in total. The van der Waals surface area contributed by atoms with Crippen LogP contribution < -0.4 is 10.1 Å². The third-order valence-corrected chi connectivity index (χ3v) is 2.42. The van der Waals surface area contributed by atoms with E-state index in [0.29, 0.717) is 11.7 Å². The number of anilines is 1. The summed E-state index contributed by atoms with van der Waals surface area (Å²) >= 11 is 1.36. The monoisotopic (exact) mass is 211 g/mol. The second-order valence-electron chi connectivity index (χ2n) is 2.51. The van der Waals surface area contributed by atoms with Crippen molar-refractivity contribution in [2.75, 3.05) is 12.4 Å². The predicted octanol–water partition coefficient (Wildman–Crippen LogP) is 1.75. The molecule has 74 valence electrons. The first-order valence-corrected chi connectivity index (χ1v) is 4.84. The van der Waals surface area contributed by atoms with Gasteiger partial charge in [-0.3, -0.25) is 0 Å². The van der Waals surface area contributed by atoms with E-state index in [0.717, 1.165) is 10.9 Å². The molecule has 5 nitrogen and oxygen atoms in total. The van der Waals surface area contributed by atoms with Gasteiger partial charge in [0, 0.05) is 0 Å². The van der Waals surface area contributed by atoms with E-state index in [4.69, 9.17) is 9.15 Å². The Morgan fingerprint density at radius 3 is 3.14 bits per heavy atom. The molecule has 2 rings (SSSR count). The van der Waals surface area contributed by atoms with Crippen LogP contribution in [0.15, 0.2) is 22.8 Å². The summed E-state index contributed by atoms with van der Waals surface area (Å²) in [6.45, 7) is 0.603. The minimum absolute atomic E-state index is 0.548. The van der Waals surface area contributed by atoms with Gasteiger partial charge in [-0.1, -0.05) is 5.10 Å². The second kappa shape index (κ2) is 4.10. The smallest absolute Gasteiger partial charge is 0.295 e. The van der Waals surface area contributed by atoms with Gasteiger partial charge in [0.05, 0.1) is 19.9 Å². The zero-order valence-corrected chi connectivity index (χ0v) is 8.37. The summed E-state index contributed by atoms with van der Waals surface area (Å²) in [5, 5.41) is 12.0. The predicted molar refractivity (Wildman–Crippen MR) is 52.5 cm³/mol. The number of rotatable bonds is 4. The molecule has 2 aromatic rings. The van der Waals surface area contributed by atoms with E-state index < -0.39 is 0 Å². The molecule has 0 saturated heterocycles. The molecule has 0 radical (unpaired) electrons. The number of furan rings is 1. The molecule has 0 unspecified atom stereocenters. The Morgan fingerprint density at radius 2 is 2.50 bits per heavy atom. The first kappa shape index (κ1) is 9.01. The average Bonchev–Trinajstić information content (AvgIpc) is 2.86. The Labute approximate surface area is 84.7 Å². The van der Waals surface area contributed by atoms with Crippen molar-refractivity contribution in [3.8, 4) is 5.19 Å². The molecular weight excluding hydrogens is 202 g/mol. The highest BCUT2D eigenvalue weighted by Crippen LogP contribution is 2.21. The summed E-state index contributed by atoms with van der Waals surface area (Å²) < 4.78 is 10.1. The summed E-state index contributed by atoms with van der Waals surface area (Å²) in [7, 11) is 1.57. The minimum atomic E-state index is 0.548. The Morgan fingerprint density at radius 1 is 1.57 bits per heavy atom. The molecule has 0 bridgehead atoms. The molecule has 0 aliphatic heterocycles. The van der Waals surface area contributed by atoms with Crippen molar-refractivity contribution in [1.82, 2.24) is 10.2 Å². The van der Waals surface area contributed by atoms with Gasteiger partial charge in [-0.25, -0.2) is 0 Å². The topological polar surface area (TPSA) is 60.2 Å². The van der Waals surface area contributed by atoms with Crippen LogP contribution in [0.4, 0.5) is 5.13 Å². The van der Waals surface area contributed by atoms with Crippen LogP contribution in [-0.2, 0) is 6.54 Å². The minimum Gasteiger partial charge on any atom is -0.472 e. The van der Waals surface area contributed by atoms with E-state index in [2.05, 4.69) is 15.5 Å². The Bertz CT molecular complexity index is 385. The quantitative estimate of drug-likeness (QED) is 0.834. The number of hydrogen-bond donors (Lipinski definition) is 1. The Kier molecular flexibility index (Phi) is 2.64. The summed E-state index contributed by atoms with van der Waals surface area (Å²) in [4.78, 5) is 0. The lowest BCUT2D eigenvalue weighted by atomic mass is 10.4. The maximum atomic E-state index is 5.15. The number of ether oxygens (including phenoxy) is 1. The number of aromatic nitrogens is 2. The van der Waals surface area contributed by atoms with Crippen LogP contribution in [-0.4, -0.2) is 17.3 Å². The first-order chi connectivity index (χ1) is 6.88. The van der Waals surface area contributed by atoms with Gasteiger partial charge in [0.15, 0.2) is 0 Å². The fourth-order valence-electron chi connectivity index (χ4n) is 0.940. The molecule has 0 fully saturated rings. The molecule has 0 amide bonds. The van der Waals surface area contributed by atoms with Crippen LogP contribution in [0.2, 0.25) is 0 Å². The zero-order valence-electron chi connectivity index (χ0n) is 7.56. The number of nitrogens with one attached hydrogen (secondary N) is 1. The summed E-state index contributed by atoms with van der Waals surface area (Å²) in [6, 6.07) is 3.74. The van der Waals surface area contributed by atoms with Gasteiger partial charge in [0.2, 0.25) is 5.13 Å². The van der Waals surface area contributed by atoms with E-state index >= 15 is 0 Å². The summed E-state index contributed by atoms with van der Waals surface area (Å²) in [5.41, 5.74) is 0. The van der Waals surface area contributed by atoms with Crippen molar-refractivity contribution in [1.29, 1.82) is 0 Å². The van der Waals surface area contributed by atoms with E-state index in [9.17, 15) is 0 Å². The second-order valence-corrected chi connectivity index (χ2v) is 3.45. The van der Waals surface area contributed by atoms with Crippen LogP contribution >= 0.6 is 11.3 Å². The van der Waals surface area contributed by atoms with Crippen molar-refractivity contribution in [3.63, 3.8) is 0 Å². The van der Waals surface area contributed by atoms with Crippen molar-refractivity contribution in [3.05, 3.63) is 24.2 Å². The van der Waals surface area contributed by atoms with Crippen LogP contribution in [0, 0.1) is 0 Å². The molecule has 2 aromatic heterocycles. The van der Waals surface area contributed by atoms with Gasteiger partial charge >= 0.3 is 0 Å². The van der Waals surface area contributed by atoms with Crippen molar-refractivity contribution in [2.45, 2.75) is 6.54 Å². The maximum absolute atomic E-state index is 5.15. The van der Waals surface area contributed by atoms with Crippen molar-refractivity contribution in [2.24, 2.45) is 0 Å². The normalized spacial score (nSPS) is 10.1. The zero-order chi connectivity index (χ0) is 9.80. The van der Waals surface area contributed by atoms with E-state index in [1.807, 2.05) is 12.1 Å². The maximum Gasteiger partial charge on any atom is 0.295 e. The molecular formula is C8H9N3O2S. The molecule has 0 aliphatic rings. The lowest BCUT2D eigenvalue weighted by molar-refractivity contribution is 0.407. The van der Waals surface area contributed by atoms with Gasteiger partial charge < -0.3 is 14.5 Å². The fourth-order valence-corrected chi connectivity index (χ4v) is 1.50. The highest BCUT2D eigenvalue weighted by atomic mass is 32.1. The summed E-state index contributed by atoms with van der Waals surface area (Å²) in [5.74, 6) is 0.860. The highest BCUT2D eigenvalue weighted by molar-refractivity contribution is 7.16. The molecule has 14 heavy (non-hydrogen) atoms. The molecule has 0 saturated carbocycles. The van der Waals surface area contributed by atoms with Crippen LogP contribution in [0.1, 0.15) is 5.76 Å². The molecule has 2 heterocycles. The van der Waals surface area contributed by atoms with Crippen molar-refractivity contribution < 1.29 is 9.15 Å². The van der Waals surface area contributed by atoms with Gasteiger partial charge in [-0.05, 0) is 23.5 Å². The Hall–Kier alpha value is -1.56. The fraction of sp³-hybridized carbons (Fsp3) is 0.250. The number of hydrogen-bond acceptors (Lipinski definition) is 6. The first-order valence-electron chi connectivity index (χ1n) is 4.02. The molecule has 0 aromatic carbocycles. The number of nitrogens with zero attached hydrogens (tertiary/aromatic N) is 2. The number of methoxy groups -OCH3 is 1. The van der Waals surface area contributed by atoms with Crippen molar-refractivity contribution >= 4 is 16.5 Å². The standard InChI is InChI=1S/C8H9N3O2S/c1-12-8-11-10-7(14-8)9-5-6-3-2-4-13-6/h2-4H,5H2,1H3,(H,9,10). The molecule has 6 heteroatoms. The largest absolute Gasteiger partial charge is 0.472 e. The van der Waals surface area contributed by atoms with E-state index in [1.165, 1.54) is 11.3 Å². The lowest BCUT2D eigenvalue weighted by Gasteiger charge is -1.96. The van der Waals surface area contributed by atoms with E-state index in [1.54, 1.807) is 13.4 Å². The SMILES string of the molecule is COc1nnc(NCc2ccco2)s1. The van der Waals surface area contributed by atoms with Crippen LogP contribution in [0.3, 0.4) is 0 Å². The highest BCUT2D eigenvalue weighted by Gasteiger charge is 2.03. The average molecular weight is 211 g/mol. The molecule has 0 spiro atoms. The van der Waals surface area contributed by atoms with Crippen LogP contribution in [0.25, 0.3) is 0 Å². The summed E-state index contributed by atoms with van der Waals surface area (Å²) in [6.07, 6.45) is 1.64. The molecule has 0 atom stereocenters. The van der Waals surface area contributed by atoms with E-state index in [-0.39, 0.29) is 0 Å². The lowest BCUT2D eigenvalue weighted by Crippen LogP contribution is -1.96. The van der Waals surface area contributed by atoms with Crippen LogP contribution in [0.5, 0.6) is 5.19 Å². The van der Waals surface area contributed by atoms with Gasteiger partial charge in [-0.2, -0.15) is 0 Å². The third kappa shape index (κ3) is 2.02. The van der Waals surface area contributed by atoms with Gasteiger partial charge in [0.25, 0.3) is 5.19 Å². The van der Waals surface area contributed by atoms with Gasteiger partial charge in [0.1, 0.15) is 5.76 Å². The third-order valence-electron chi connectivity index (χ3n) is 1.58. The molecule has 0 aliphatic carbocycles. The Balaban J connectivity index is 1.92.